The molecular formula is C13H26S. The van der Waals surface area contributed by atoms with Crippen molar-refractivity contribution < 1.29 is 0 Å². The molecule has 0 unspecified atom stereocenters. The van der Waals surface area contributed by atoms with E-state index >= 15 is 0 Å². The van der Waals surface area contributed by atoms with Crippen LogP contribution in [0, 0.1) is 0 Å². The summed E-state index contributed by atoms with van der Waals surface area (Å²) in [5.74, 6) is 0. The van der Waals surface area contributed by atoms with Crippen molar-refractivity contribution in [2.45, 2.75) is 78.1 Å². The van der Waals surface area contributed by atoms with Crippen LogP contribution >= 0.6 is 12.2 Å². The van der Waals surface area contributed by atoms with Gasteiger partial charge in [-0.05, 0) is 24.6 Å². The maximum Gasteiger partial charge on any atom is -0.0102 e. The standard InChI is InChI=1S/C13H26S/c1-3-4-5-6-7-8-9-10-11-12-13(2)14/h3-12H2,1-2H3. The average Bonchev–Trinajstić information content (AvgIpc) is 2.15. The molecule has 0 aliphatic rings. The zero-order valence-corrected chi connectivity index (χ0v) is 10.8. The molecule has 0 aliphatic carbocycles. The molecule has 0 aliphatic heterocycles. The van der Waals surface area contributed by atoms with E-state index in [0.29, 0.717) is 0 Å². The Morgan fingerprint density at radius 2 is 1.21 bits per heavy atom. The van der Waals surface area contributed by atoms with E-state index in [1.165, 1.54) is 62.7 Å². The van der Waals surface area contributed by atoms with E-state index in [-0.39, 0.29) is 0 Å². The molecule has 0 spiro atoms. The van der Waals surface area contributed by atoms with Crippen molar-refractivity contribution in [3.63, 3.8) is 0 Å². The van der Waals surface area contributed by atoms with Gasteiger partial charge in [0.1, 0.15) is 0 Å². The second-order valence-electron chi connectivity index (χ2n) is 4.28. The van der Waals surface area contributed by atoms with Gasteiger partial charge >= 0.3 is 0 Å². The van der Waals surface area contributed by atoms with Gasteiger partial charge < -0.3 is 0 Å². The minimum absolute atomic E-state index is 1.16. The molecule has 0 saturated carbocycles. The molecule has 0 rings (SSSR count). The average molecular weight is 214 g/mol. The van der Waals surface area contributed by atoms with Gasteiger partial charge in [-0.3, -0.25) is 0 Å². The molecule has 0 amide bonds. The molecule has 0 heterocycles. The molecule has 0 aromatic carbocycles. The minimum atomic E-state index is 1.16. The second-order valence-corrected chi connectivity index (χ2v) is 4.98. The van der Waals surface area contributed by atoms with Crippen LogP contribution in [0.5, 0.6) is 0 Å². The lowest BCUT2D eigenvalue weighted by molar-refractivity contribution is 0.568. The first-order chi connectivity index (χ1) is 6.77. The van der Waals surface area contributed by atoms with Gasteiger partial charge in [0.25, 0.3) is 0 Å². The van der Waals surface area contributed by atoms with Crippen molar-refractivity contribution in [2.24, 2.45) is 0 Å². The summed E-state index contributed by atoms with van der Waals surface area (Å²) in [5, 5.41) is 0. The summed E-state index contributed by atoms with van der Waals surface area (Å²) in [7, 11) is 0. The molecule has 0 fully saturated rings. The Morgan fingerprint density at radius 1 is 0.786 bits per heavy atom. The number of unbranched alkanes of at least 4 members (excludes halogenated alkanes) is 8. The zero-order chi connectivity index (χ0) is 10.6. The lowest BCUT2D eigenvalue weighted by Crippen LogP contribution is -1.86. The van der Waals surface area contributed by atoms with Crippen molar-refractivity contribution in [3.8, 4) is 0 Å². The van der Waals surface area contributed by atoms with Gasteiger partial charge in [-0.25, -0.2) is 0 Å². The van der Waals surface area contributed by atoms with E-state index < -0.39 is 0 Å². The van der Waals surface area contributed by atoms with Gasteiger partial charge in [0.2, 0.25) is 0 Å². The summed E-state index contributed by atoms with van der Waals surface area (Å²) in [6.45, 7) is 4.33. The summed E-state index contributed by atoms with van der Waals surface area (Å²) in [6.07, 6.45) is 13.8. The first-order valence-electron chi connectivity index (χ1n) is 6.26. The normalized spacial score (nSPS) is 10.4. The Kier molecular flexibility index (Phi) is 11.2. The molecule has 0 bridgehead atoms. The fourth-order valence-electron chi connectivity index (χ4n) is 1.68. The van der Waals surface area contributed by atoms with E-state index in [1.54, 1.807) is 0 Å². The number of hydrogen-bond acceptors (Lipinski definition) is 1. The van der Waals surface area contributed by atoms with Crippen LogP contribution in [0.3, 0.4) is 0 Å². The van der Waals surface area contributed by atoms with Gasteiger partial charge in [-0.2, -0.15) is 0 Å². The highest BCUT2D eigenvalue weighted by Gasteiger charge is 1.92. The minimum Gasteiger partial charge on any atom is -0.0900 e. The lowest BCUT2D eigenvalue weighted by Gasteiger charge is -2.01. The zero-order valence-electron chi connectivity index (χ0n) is 9.98. The highest BCUT2D eigenvalue weighted by molar-refractivity contribution is 7.80. The van der Waals surface area contributed by atoms with Crippen molar-refractivity contribution in [1.29, 1.82) is 0 Å². The fraction of sp³-hybridized carbons (Fsp3) is 0.923. The van der Waals surface area contributed by atoms with Crippen molar-refractivity contribution in [1.82, 2.24) is 0 Å². The van der Waals surface area contributed by atoms with Crippen LogP contribution in [0.4, 0.5) is 0 Å². The van der Waals surface area contributed by atoms with E-state index in [0.717, 1.165) is 6.42 Å². The molecule has 84 valence electrons. The van der Waals surface area contributed by atoms with Crippen LogP contribution in [-0.4, -0.2) is 4.86 Å². The van der Waals surface area contributed by atoms with Crippen molar-refractivity contribution in [3.05, 3.63) is 0 Å². The third-order valence-corrected chi connectivity index (χ3v) is 2.84. The quantitative estimate of drug-likeness (QED) is 0.351. The van der Waals surface area contributed by atoms with Gasteiger partial charge in [0, 0.05) is 0 Å². The largest absolute Gasteiger partial charge is 0.0900 e. The van der Waals surface area contributed by atoms with Gasteiger partial charge in [0.15, 0.2) is 0 Å². The SMILES string of the molecule is CCCCCCCCCCCC(C)=S. The summed E-state index contributed by atoms with van der Waals surface area (Å²) in [6, 6.07) is 0. The van der Waals surface area contributed by atoms with Crippen LogP contribution in [0.15, 0.2) is 0 Å². The van der Waals surface area contributed by atoms with Gasteiger partial charge in [-0.15, -0.1) is 0 Å². The third-order valence-electron chi connectivity index (χ3n) is 2.63. The Balaban J connectivity index is 2.88. The molecule has 0 aromatic heterocycles. The first kappa shape index (κ1) is 14.1. The van der Waals surface area contributed by atoms with E-state index in [1.807, 2.05) is 0 Å². The Hall–Kier alpha value is 0.0900. The molecule has 14 heavy (non-hydrogen) atoms. The molecule has 0 nitrogen and oxygen atoms in total. The van der Waals surface area contributed by atoms with Crippen LogP contribution in [0.1, 0.15) is 78.1 Å². The topological polar surface area (TPSA) is 0 Å². The van der Waals surface area contributed by atoms with Crippen molar-refractivity contribution in [2.75, 3.05) is 0 Å². The monoisotopic (exact) mass is 214 g/mol. The molecule has 0 atom stereocenters. The van der Waals surface area contributed by atoms with E-state index in [2.05, 4.69) is 13.8 Å². The maximum atomic E-state index is 5.04. The highest BCUT2D eigenvalue weighted by Crippen LogP contribution is 2.10. The van der Waals surface area contributed by atoms with Crippen LogP contribution in [-0.2, 0) is 0 Å². The van der Waals surface area contributed by atoms with E-state index in [9.17, 15) is 0 Å². The number of thiocarbonyl (C=S) groups is 1. The third kappa shape index (κ3) is 12.1. The predicted molar refractivity (Wildman–Crippen MR) is 70.1 cm³/mol. The van der Waals surface area contributed by atoms with Crippen LogP contribution in [0.2, 0.25) is 0 Å². The predicted octanol–water partition coefficient (Wildman–Crippen LogP) is 5.30. The summed E-state index contributed by atoms with van der Waals surface area (Å²) >= 11 is 5.04. The Morgan fingerprint density at radius 3 is 1.64 bits per heavy atom. The van der Waals surface area contributed by atoms with Crippen LogP contribution in [0.25, 0.3) is 0 Å². The molecule has 1 heteroatoms. The smallest absolute Gasteiger partial charge is 0.0102 e. The summed E-state index contributed by atoms with van der Waals surface area (Å²) in [5.41, 5.74) is 0. The van der Waals surface area contributed by atoms with Crippen molar-refractivity contribution >= 4 is 17.1 Å². The Labute approximate surface area is 95.5 Å². The first-order valence-corrected chi connectivity index (χ1v) is 6.67. The Bertz CT molecular complexity index is 129. The highest BCUT2D eigenvalue weighted by atomic mass is 32.1. The number of hydrogen-bond donors (Lipinski definition) is 0. The fourth-order valence-corrected chi connectivity index (χ4v) is 1.83. The summed E-state index contributed by atoms with van der Waals surface area (Å²) < 4.78 is 0. The number of rotatable bonds is 10. The molecule has 0 radical (unpaired) electrons. The van der Waals surface area contributed by atoms with Gasteiger partial charge in [0.05, 0.1) is 0 Å². The summed E-state index contributed by atoms with van der Waals surface area (Å²) in [4.78, 5) is 1.17. The molecular weight excluding hydrogens is 188 g/mol. The maximum absolute atomic E-state index is 5.04. The van der Waals surface area contributed by atoms with Gasteiger partial charge in [-0.1, -0.05) is 70.5 Å². The van der Waals surface area contributed by atoms with E-state index in [4.69, 9.17) is 12.2 Å². The molecule has 0 N–H and O–H groups in total. The molecule has 0 saturated heterocycles. The van der Waals surface area contributed by atoms with Crippen LogP contribution < -0.4 is 0 Å². The lowest BCUT2D eigenvalue weighted by atomic mass is 10.1. The molecule has 0 aromatic rings. The second kappa shape index (κ2) is 11.2.